The molecule has 0 saturated carbocycles. The van der Waals surface area contributed by atoms with Crippen LogP contribution in [0, 0.1) is 5.41 Å². The van der Waals surface area contributed by atoms with E-state index in [0.29, 0.717) is 13.0 Å². The maximum absolute atomic E-state index is 12.5. The van der Waals surface area contributed by atoms with Gasteiger partial charge < -0.3 is 15.7 Å². The third-order valence-corrected chi connectivity index (χ3v) is 4.02. The molecule has 0 bridgehead atoms. The monoisotopic (exact) mass is 290 g/mol. The smallest absolute Gasteiger partial charge is 0.303 e. The predicted molar refractivity (Wildman–Crippen MR) is 81.2 cm³/mol. The average molecular weight is 290 g/mol. The lowest BCUT2D eigenvalue weighted by molar-refractivity contribution is -0.137. The van der Waals surface area contributed by atoms with Gasteiger partial charge in [0.2, 0.25) is 5.91 Å². The van der Waals surface area contributed by atoms with Crippen LogP contribution >= 0.6 is 0 Å². The maximum atomic E-state index is 12.5. The van der Waals surface area contributed by atoms with E-state index in [1.807, 2.05) is 31.2 Å². The van der Waals surface area contributed by atoms with Crippen LogP contribution in [0.15, 0.2) is 24.3 Å². The lowest BCUT2D eigenvalue weighted by Crippen LogP contribution is -2.46. The van der Waals surface area contributed by atoms with E-state index in [0.717, 1.165) is 30.6 Å². The van der Waals surface area contributed by atoms with Crippen LogP contribution in [0.1, 0.15) is 31.7 Å². The number of aryl methyl sites for hydroxylation is 1. The van der Waals surface area contributed by atoms with Gasteiger partial charge in [-0.3, -0.25) is 9.59 Å². The molecule has 21 heavy (non-hydrogen) atoms. The van der Waals surface area contributed by atoms with Crippen LogP contribution in [0.3, 0.4) is 0 Å². The van der Waals surface area contributed by atoms with Gasteiger partial charge in [-0.15, -0.1) is 0 Å². The molecule has 1 aromatic carbocycles. The number of carbonyl (C=O) groups is 2. The number of para-hydroxylation sites is 1. The summed E-state index contributed by atoms with van der Waals surface area (Å²) in [6.07, 6.45) is 2.33. The number of hydrogen-bond donors (Lipinski definition) is 3. The SMILES string of the molecule is CC1(C(=O)Nc2ccccc2CCC(=O)O)CCCNC1. The molecule has 1 fully saturated rings. The number of anilines is 1. The molecule has 1 unspecified atom stereocenters. The van der Waals surface area contributed by atoms with Crippen molar-refractivity contribution in [3.05, 3.63) is 29.8 Å². The first-order valence-corrected chi connectivity index (χ1v) is 7.33. The zero-order valence-electron chi connectivity index (χ0n) is 12.3. The van der Waals surface area contributed by atoms with Crippen LogP contribution in [0.25, 0.3) is 0 Å². The Morgan fingerprint density at radius 2 is 2.14 bits per heavy atom. The number of hydrogen-bond acceptors (Lipinski definition) is 3. The summed E-state index contributed by atoms with van der Waals surface area (Å²) in [4.78, 5) is 23.2. The van der Waals surface area contributed by atoms with E-state index in [4.69, 9.17) is 5.11 Å². The molecular weight excluding hydrogens is 268 g/mol. The molecule has 1 aromatic rings. The van der Waals surface area contributed by atoms with E-state index in [9.17, 15) is 9.59 Å². The van der Waals surface area contributed by atoms with Crippen molar-refractivity contribution in [2.45, 2.75) is 32.6 Å². The highest BCUT2D eigenvalue weighted by molar-refractivity contribution is 5.96. The number of piperidine rings is 1. The largest absolute Gasteiger partial charge is 0.481 e. The van der Waals surface area contributed by atoms with Gasteiger partial charge in [0.05, 0.1) is 5.41 Å². The number of aliphatic carboxylic acids is 1. The summed E-state index contributed by atoms with van der Waals surface area (Å²) >= 11 is 0. The molecule has 1 amide bonds. The molecule has 1 aliphatic rings. The molecule has 0 aliphatic carbocycles. The number of carboxylic acids is 1. The van der Waals surface area contributed by atoms with Gasteiger partial charge in [0.1, 0.15) is 0 Å². The van der Waals surface area contributed by atoms with Crippen LogP contribution in [0.4, 0.5) is 5.69 Å². The molecule has 114 valence electrons. The zero-order valence-corrected chi connectivity index (χ0v) is 12.3. The van der Waals surface area contributed by atoms with E-state index in [2.05, 4.69) is 10.6 Å². The lowest BCUT2D eigenvalue weighted by atomic mass is 9.82. The summed E-state index contributed by atoms with van der Waals surface area (Å²) in [7, 11) is 0. The summed E-state index contributed by atoms with van der Waals surface area (Å²) in [6, 6.07) is 7.40. The fourth-order valence-corrected chi connectivity index (χ4v) is 2.63. The fraction of sp³-hybridized carbons (Fsp3) is 0.500. The first-order chi connectivity index (χ1) is 10.0. The van der Waals surface area contributed by atoms with E-state index in [1.165, 1.54) is 0 Å². The highest BCUT2D eigenvalue weighted by Crippen LogP contribution is 2.28. The van der Waals surface area contributed by atoms with E-state index in [1.54, 1.807) is 0 Å². The van der Waals surface area contributed by atoms with Crippen LogP contribution in [0.5, 0.6) is 0 Å². The Kier molecular flexibility index (Phi) is 4.96. The van der Waals surface area contributed by atoms with Crippen LogP contribution in [0.2, 0.25) is 0 Å². The Morgan fingerprint density at radius 3 is 2.81 bits per heavy atom. The van der Waals surface area contributed by atoms with Crippen molar-refractivity contribution >= 4 is 17.6 Å². The van der Waals surface area contributed by atoms with Gasteiger partial charge in [-0.2, -0.15) is 0 Å². The van der Waals surface area contributed by atoms with Crippen molar-refractivity contribution in [1.82, 2.24) is 5.32 Å². The Labute approximate surface area is 124 Å². The van der Waals surface area contributed by atoms with Crippen molar-refractivity contribution in [3.8, 4) is 0 Å². The molecule has 2 rings (SSSR count). The fourth-order valence-electron chi connectivity index (χ4n) is 2.63. The zero-order chi connectivity index (χ0) is 15.3. The highest BCUT2D eigenvalue weighted by atomic mass is 16.4. The highest BCUT2D eigenvalue weighted by Gasteiger charge is 2.34. The van der Waals surface area contributed by atoms with Crippen LogP contribution < -0.4 is 10.6 Å². The molecule has 0 spiro atoms. The standard InChI is InChI=1S/C16H22N2O3/c1-16(9-4-10-17-11-16)15(21)18-13-6-3-2-5-12(13)7-8-14(19)20/h2-3,5-6,17H,4,7-11H2,1H3,(H,18,21)(H,19,20). The molecule has 0 radical (unpaired) electrons. The number of benzene rings is 1. The molecule has 5 nitrogen and oxygen atoms in total. The maximum Gasteiger partial charge on any atom is 0.303 e. The van der Waals surface area contributed by atoms with E-state index >= 15 is 0 Å². The normalized spacial score (nSPS) is 21.8. The van der Waals surface area contributed by atoms with Gasteiger partial charge in [-0.05, 0) is 44.4 Å². The molecule has 1 atom stereocenters. The number of rotatable bonds is 5. The van der Waals surface area contributed by atoms with Gasteiger partial charge in [-0.25, -0.2) is 0 Å². The number of carboxylic acid groups (broad SMARTS) is 1. The van der Waals surface area contributed by atoms with Crippen molar-refractivity contribution in [2.24, 2.45) is 5.41 Å². The second-order valence-electron chi connectivity index (χ2n) is 5.85. The van der Waals surface area contributed by atoms with E-state index < -0.39 is 11.4 Å². The Balaban J connectivity index is 2.08. The summed E-state index contributed by atoms with van der Waals surface area (Å²) in [6.45, 7) is 3.60. The first-order valence-electron chi connectivity index (χ1n) is 7.33. The topological polar surface area (TPSA) is 78.4 Å². The summed E-state index contributed by atoms with van der Waals surface area (Å²) in [5.74, 6) is -0.836. The van der Waals surface area contributed by atoms with Gasteiger partial charge >= 0.3 is 5.97 Å². The minimum Gasteiger partial charge on any atom is -0.481 e. The predicted octanol–water partition coefficient (Wildman–Crippen LogP) is 2.03. The summed E-state index contributed by atoms with van der Waals surface area (Å²) in [5.41, 5.74) is 1.18. The minimum absolute atomic E-state index is 0.00234. The van der Waals surface area contributed by atoms with Crippen LogP contribution in [-0.2, 0) is 16.0 Å². The van der Waals surface area contributed by atoms with E-state index in [-0.39, 0.29) is 12.3 Å². The average Bonchev–Trinajstić information content (AvgIpc) is 2.47. The Hall–Kier alpha value is -1.88. The first kappa shape index (κ1) is 15.5. The van der Waals surface area contributed by atoms with Crippen molar-refractivity contribution in [1.29, 1.82) is 0 Å². The van der Waals surface area contributed by atoms with Gasteiger partial charge in [0, 0.05) is 18.7 Å². The summed E-state index contributed by atoms with van der Waals surface area (Å²) in [5, 5.41) is 15.0. The van der Waals surface area contributed by atoms with Gasteiger partial charge in [-0.1, -0.05) is 18.2 Å². The molecule has 0 aromatic heterocycles. The van der Waals surface area contributed by atoms with Crippen molar-refractivity contribution in [3.63, 3.8) is 0 Å². The Bertz CT molecular complexity index is 522. The minimum atomic E-state index is -0.834. The number of amides is 1. The second kappa shape index (κ2) is 6.72. The summed E-state index contributed by atoms with van der Waals surface area (Å²) < 4.78 is 0. The third kappa shape index (κ3) is 4.04. The van der Waals surface area contributed by atoms with Gasteiger partial charge in [0.25, 0.3) is 0 Å². The third-order valence-electron chi connectivity index (χ3n) is 4.02. The molecule has 3 N–H and O–H groups in total. The van der Waals surface area contributed by atoms with Gasteiger partial charge in [0.15, 0.2) is 0 Å². The molecular formula is C16H22N2O3. The lowest BCUT2D eigenvalue weighted by Gasteiger charge is -2.32. The molecule has 1 aliphatic heterocycles. The molecule has 1 heterocycles. The molecule has 5 heteroatoms. The quantitative estimate of drug-likeness (QED) is 0.775. The second-order valence-corrected chi connectivity index (χ2v) is 5.85. The number of carbonyl (C=O) groups excluding carboxylic acids is 1. The molecule has 1 saturated heterocycles. The van der Waals surface area contributed by atoms with Crippen LogP contribution in [-0.4, -0.2) is 30.1 Å². The van der Waals surface area contributed by atoms with Crippen molar-refractivity contribution < 1.29 is 14.7 Å². The Morgan fingerprint density at radius 1 is 1.38 bits per heavy atom. The number of nitrogens with one attached hydrogen (secondary N) is 2. The van der Waals surface area contributed by atoms with Crippen molar-refractivity contribution in [2.75, 3.05) is 18.4 Å².